The summed E-state index contributed by atoms with van der Waals surface area (Å²) in [6.45, 7) is 2.19. The number of nitrogens with zero attached hydrogens (tertiary/aromatic N) is 2. The van der Waals surface area contributed by atoms with Gasteiger partial charge in [0.2, 0.25) is 5.88 Å². The second-order valence-electron chi connectivity index (χ2n) is 8.32. The van der Waals surface area contributed by atoms with E-state index in [1.54, 1.807) is 11.3 Å². The number of fused-ring (bicyclic) bond motifs is 3. The molecule has 0 spiro atoms. The first-order valence-electron chi connectivity index (χ1n) is 11.0. The van der Waals surface area contributed by atoms with Gasteiger partial charge in [-0.05, 0) is 41.9 Å². The van der Waals surface area contributed by atoms with Crippen molar-refractivity contribution in [3.8, 4) is 5.88 Å². The maximum absolute atomic E-state index is 12.9. The number of carbonyl (C=O) groups is 1. The number of benzene rings is 2. The third-order valence-electron chi connectivity index (χ3n) is 5.97. The lowest BCUT2D eigenvalue weighted by molar-refractivity contribution is -0.123. The summed E-state index contributed by atoms with van der Waals surface area (Å²) in [5, 5.41) is 4.11. The number of nitrogens with one attached hydrogen (secondary N) is 1. The second-order valence-corrected chi connectivity index (χ2v) is 9.40. The molecule has 0 saturated heterocycles. The van der Waals surface area contributed by atoms with Crippen LogP contribution in [0.5, 0.6) is 5.88 Å². The van der Waals surface area contributed by atoms with E-state index in [2.05, 4.69) is 22.2 Å². The van der Waals surface area contributed by atoms with Gasteiger partial charge in [-0.1, -0.05) is 67.6 Å². The van der Waals surface area contributed by atoms with Crippen LogP contribution in [0.3, 0.4) is 0 Å². The third-order valence-corrected chi connectivity index (χ3v) is 7.13. The summed E-state index contributed by atoms with van der Waals surface area (Å²) in [7, 11) is 0. The summed E-state index contributed by atoms with van der Waals surface area (Å²) >= 11 is 1.73. The number of hydrogen-bond acceptors (Lipinski definition) is 5. The first kappa shape index (κ1) is 20.6. The highest BCUT2D eigenvalue weighted by Gasteiger charge is 2.24. The van der Waals surface area contributed by atoms with Gasteiger partial charge >= 0.3 is 0 Å². The molecule has 0 aliphatic heterocycles. The molecule has 1 N–H and O–H groups in total. The fourth-order valence-corrected chi connectivity index (χ4v) is 5.68. The number of thiophene rings is 1. The lowest BCUT2D eigenvalue weighted by Crippen LogP contribution is -2.33. The van der Waals surface area contributed by atoms with E-state index in [1.807, 2.05) is 60.7 Å². The molecule has 162 valence electrons. The summed E-state index contributed by atoms with van der Waals surface area (Å²) in [5.74, 6) is 1.01. The second kappa shape index (κ2) is 9.09. The Kier molecular flexibility index (Phi) is 5.86. The van der Waals surface area contributed by atoms with Crippen molar-refractivity contribution in [2.75, 3.05) is 6.61 Å². The van der Waals surface area contributed by atoms with Crippen LogP contribution in [0.2, 0.25) is 0 Å². The Morgan fingerprint density at radius 1 is 1.09 bits per heavy atom. The van der Waals surface area contributed by atoms with Crippen molar-refractivity contribution in [3.05, 3.63) is 88.6 Å². The molecule has 1 amide bonds. The summed E-state index contributed by atoms with van der Waals surface area (Å²) < 4.78 is 5.95. The Morgan fingerprint density at radius 2 is 1.78 bits per heavy atom. The van der Waals surface area contributed by atoms with Crippen LogP contribution in [0.25, 0.3) is 10.2 Å². The molecule has 0 radical (unpaired) electrons. The number of amides is 1. The SMILES string of the molecule is C[C@@H]1CCc2c(sc3ncnc(OCC(=O)NC(c4ccccc4)c4ccccc4)c23)C1. The predicted octanol–water partition coefficient (Wildman–Crippen LogP) is 5.10. The molecule has 0 unspecified atom stereocenters. The smallest absolute Gasteiger partial charge is 0.258 e. The minimum absolute atomic E-state index is 0.0939. The first-order valence-corrected chi connectivity index (χ1v) is 11.8. The van der Waals surface area contributed by atoms with E-state index in [-0.39, 0.29) is 18.6 Å². The number of aryl methyl sites for hydroxylation is 1. The van der Waals surface area contributed by atoms with E-state index in [4.69, 9.17) is 4.74 Å². The molecule has 0 fully saturated rings. The van der Waals surface area contributed by atoms with Gasteiger partial charge in [0, 0.05) is 4.88 Å². The number of ether oxygens (including phenoxy) is 1. The Morgan fingerprint density at radius 3 is 2.47 bits per heavy atom. The number of aromatic nitrogens is 2. The van der Waals surface area contributed by atoms with Crippen molar-refractivity contribution in [1.29, 1.82) is 0 Å². The van der Waals surface area contributed by atoms with Crippen LogP contribution in [-0.4, -0.2) is 22.5 Å². The van der Waals surface area contributed by atoms with E-state index in [9.17, 15) is 4.79 Å². The Labute approximate surface area is 191 Å². The molecule has 6 heteroatoms. The van der Waals surface area contributed by atoms with Crippen LogP contribution in [0.15, 0.2) is 67.0 Å². The van der Waals surface area contributed by atoms with Crippen molar-refractivity contribution < 1.29 is 9.53 Å². The van der Waals surface area contributed by atoms with Crippen LogP contribution < -0.4 is 10.1 Å². The van der Waals surface area contributed by atoms with Crippen molar-refractivity contribution in [2.24, 2.45) is 5.92 Å². The van der Waals surface area contributed by atoms with Crippen LogP contribution in [-0.2, 0) is 17.6 Å². The molecule has 1 aliphatic rings. The van der Waals surface area contributed by atoms with Crippen LogP contribution in [0.1, 0.15) is 41.0 Å². The van der Waals surface area contributed by atoms with Gasteiger partial charge in [0.1, 0.15) is 11.2 Å². The van der Waals surface area contributed by atoms with Gasteiger partial charge in [-0.15, -0.1) is 11.3 Å². The van der Waals surface area contributed by atoms with Crippen molar-refractivity contribution in [3.63, 3.8) is 0 Å². The fourth-order valence-electron chi connectivity index (χ4n) is 4.34. The van der Waals surface area contributed by atoms with E-state index in [0.717, 1.165) is 40.6 Å². The highest BCUT2D eigenvalue weighted by molar-refractivity contribution is 7.18. The van der Waals surface area contributed by atoms with Crippen molar-refractivity contribution in [2.45, 2.75) is 32.2 Å². The summed E-state index contributed by atoms with van der Waals surface area (Å²) in [6.07, 6.45) is 4.77. The fraction of sp³-hybridized carbons (Fsp3) is 0.269. The van der Waals surface area contributed by atoms with Crippen LogP contribution in [0, 0.1) is 5.92 Å². The number of hydrogen-bond donors (Lipinski definition) is 1. The van der Waals surface area contributed by atoms with Gasteiger partial charge in [0.05, 0.1) is 11.4 Å². The quantitative estimate of drug-likeness (QED) is 0.450. The predicted molar refractivity (Wildman–Crippen MR) is 127 cm³/mol. The monoisotopic (exact) mass is 443 g/mol. The van der Waals surface area contributed by atoms with Crippen molar-refractivity contribution in [1.82, 2.24) is 15.3 Å². The molecule has 1 aliphatic carbocycles. The van der Waals surface area contributed by atoms with E-state index in [1.165, 1.54) is 16.8 Å². The average Bonchev–Trinajstić information content (AvgIpc) is 3.20. The molecule has 0 bridgehead atoms. The highest BCUT2D eigenvalue weighted by Crippen LogP contribution is 2.40. The molecule has 1 atom stereocenters. The van der Waals surface area contributed by atoms with Crippen LogP contribution >= 0.6 is 11.3 Å². The van der Waals surface area contributed by atoms with E-state index in [0.29, 0.717) is 11.8 Å². The molecule has 2 aromatic heterocycles. The van der Waals surface area contributed by atoms with Gasteiger partial charge in [0.25, 0.3) is 5.91 Å². The summed E-state index contributed by atoms with van der Waals surface area (Å²) in [4.78, 5) is 24.0. The Hall–Kier alpha value is -3.25. The minimum Gasteiger partial charge on any atom is -0.467 e. The average molecular weight is 444 g/mol. The lowest BCUT2D eigenvalue weighted by atomic mass is 9.89. The standard InChI is InChI=1S/C26H25N3O2S/c1-17-12-13-20-21(14-17)32-26-23(20)25(27-16-28-26)31-15-22(30)29-24(18-8-4-2-5-9-18)19-10-6-3-7-11-19/h2-11,16-17,24H,12-15H2,1H3,(H,29,30)/t17-/m1/s1. The zero-order chi connectivity index (χ0) is 21.9. The highest BCUT2D eigenvalue weighted by atomic mass is 32.1. The van der Waals surface area contributed by atoms with E-state index < -0.39 is 0 Å². The maximum atomic E-state index is 12.9. The molecule has 2 heterocycles. The zero-order valence-electron chi connectivity index (χ0n) is 18.0. The minimum atomic E-state index is -0.241. The van der Waals surface area contributed by atoms with Gasteiger partial charge in [-0.3, -0.25) is 4.79 Å². The zero-order valence-corrected chi connectivity index (χ0v) is 18.8. The lowest BCUT2D eigenvalue weighted by Gasteiger charge is -2.20. The molecule has 32 heavy (non-hydrogen) atoms. The van der Waals surface area contributed by atoms with Crippen molar-refractivity contribution >= 4 is 27.5 Å². The normalized spacial score (nSPS) is 15.5. The number of carbonyl (C=O) groups excluding carboxylic acids is 1. The molecule has 0 saturated carbocycles. The molecule has 4 aromatic rings. The molecule has 5 rings (SSSR count). The molecular weight excluding hydrogens is 418 g/mol. The molecule has 5 nitrogen and oxygen atoms in total. The molecule has 2 aromatic carbocycles. The maximum Gasteiger partial charge on any atom is 0.258 e. The number of rotatable bonds is 6. The van der Waals surface area contributed by atoms with Gasteiger partial charge in [-0.2, -0.15) is 0 Å². The summed E-state index contributed by atoms with van der Waals surface area (Å²) in [6, 6.07) is 19.7. The topological polar surface area (TPSA) is 64.1 Å². The van der Waals surface area contributed by atoms with Gasteiger partial charge < -0.3 is 10.1 Å². The molecular formula is C26H25N3O2S. The third kappa shape index (κ3) is 4.23. The van der Waals surface area contributed by atoms with Crippen LogP contribution in [0.4, 0.5) is 0 Å². The van der Waals surface area contributed by atoms with Gasteiger partial charge in [-0.25, -0.2) is 9.97 Å². The Balaban J connectivity index is 1.35. The van der Waals surface area contributed by atoms with Gasteiger partial charge in [0.15, 0.2) is 6.61 Å². The van der Waals surface area contributed by atoms with E-state index >= 15 is 0 Å². The summed E-state index contributed by atoms with van der Waals surface area (Å²) in [5.41, 5.74) is 3.35. The first-order chi connectivity index (χ1) is 15.7. The Bertz CT molecular complexity index is 1180. The largest absolute Gasteiger partial charge is 0.467 e.